The van der Waals surface area contributed by atoms with E-state index in [0.29, 0.717) is 6.54 Å². The molecule has 0 atom stereocenters. The minimum absolute atomic E-state index is 0.0511. The summed E-state index contributed by atoms with van der Waals surface area (Å²) in [6.07, 6.45) is -4.47. The topological polar surface area (TPSA) is 65.4 Å². The van der Waals surface area contributed by atoms with Gasteiger partial charge in [0.25, 0.3) is 5.91 Å². The summed E-state index contributed by atoms with van der Waals surface area (Å²) in [7, 11) is 0. The highest BCUT2D eigenvalue weighted by Crippen LogP contribution is 2.31. The molecule has 130 valence electrons. The Morgan fingerprint density at radius 2 is 1.96 bits per heavy atom. The Labute approximate surface area is 141 Å². The van der Waals surface area contributed by atoms with E-state index in [0.717, 1.165) is 23.3 Å². The summed E-state index contributed by atoms with van der Waals surface area (Å²) in [4.78, 5) is 12.0. The Hall–Kier alpha value is -3.03. The molecule has 1 aliphatic rings. The highest BCUT2D eigenvalue weighted by Gasteiger charge is 2.30. The lowest BCUT2D eigenvalue weighted by molar-refractivity contribution is -0.137. The third-order valence-corrected chi connectivity index (χ3v) is 3.66. The molecule has 8 heteroatoms. The molecule has 0 radical (unpaired) electrons. The second-order valence-corrected chi connectivity index (χ2v) is 5.44. The van der Waals surface area contributed by atoms with Crippen molar-refractivity contribution in [3.8, 4) is 5.75 Å². The van der Waals surface area contributed by atoms with Crippen molar-refractivity contribution in [1.82, 2.24) is 10.4 Å². The van der Waals surface area contributed by atoms with Crippen LogP contribution in [-0.2, 0) is 17.5 Å². The van der Waals surface area contributed by atoms with Crippen molar-refractivity contribution in [3.63, 3.8) is 0 Å². The summed E-state index contributed by atoms with van der Waals surface area (Å²) in [5, 5.41) is 9.38. The SMILES string of the molecule is N=C1c2ccccc2CN1NC(=O)COc1cccc(C(F)(F)F)c1. The van der Waals surface area contributed by atoms with Crippen molar-refractivity contribution in [2.45, 2.75) is 12.7 Å². The van der Waals surface area contributed by atoms with Crippen LogP contribution in [0.25, 0.3) is 0 Å². The predicted molar refractivity (Wildman–Crippen MR) is 83.9 cm³/mol. The van der Waals surface area contributed by atoms with Crippen LogP contribution in [0.5, 0.6) is 5.75 Å². The lowest BCUT2D eigenvalue weighted by Crippen LogP contribution is -2.44. The maximum absolute atomic E-state index is 12.6. The summed E-state index contributed by atoms with van der Waals surface area (Å²) in [5.74, 6) is -0.456. The molecule has 0 fully saturated rings. The van der Waals surface area contributed by atoms with Crippen molar-refractivity contribution in [2.24, 2.45) is 0 Å². The second-order valence-electron chi connectivity index (χ2n) is 5.44. The highest BCUT2D eigenvalue weighted by molar-refractivity contribution is 6.01. The quantitative estimate of drug-likeness (QED) is 0.892. The molecule has 5 nitrogen and oxygen atoms in total. The molecule has 0 spiro atoms. The Morgan fingerprint density at radius 1 is 1.20 bits per heavy atom. The van der Waals surface area contributed by atoms with Gasteiger partial charge in [-0.3, -0.25) is 20.6 Å². The van der Waals surface area contributed by atoms with Crippen LogP contribution in [0, 0.1) is 5.41 Å². The first-order chi connectivity index (χ1) is 11.8. The zero-order valence-electron chi connectivity index (χ0n) is 12.9. The number of amidine groups is 1. The molecule has 2 N–H and O–H groups in total. The molecule has 0 aromatic heterocycles. The number of alkyl halides is 3. The fourth-order valence-corrected chi connectivity index (χ4v) is 2.47. The number of hydrogen-bond donors (Lipinski definition) is 2. The van der Waals surface area contributed by atoms with Crippen molar-refractivity contribution in [1.29, 1.82) is 5.41 Å². The Kier molecular flexibility index (Phi) is 4.35. The Morgan fingerprint density at radius 3 is 2.68 bits per heavy atom. The van der Waals surface area contributed by atoms with Gasteiger partial charge in [-0.2, -0.15) is 13.2 Å². The number of carbonyl (C=O) groups is 1. The van der Waals surface area contributed by atoms with Gasteiger partial charge in [0.05, 0.1) is 12.1 Å². The standard InChI is InChI=1S/C17H14F3N3O2/c18-17(19,20)12-5-3-6-13(8-12)25-10-15(24)22-23-9-11-4-1-2-7-14(11)16(23)21/h1-8,21H,9-10H2,(H,22,24). The van der Waals surface area contributed by atoms with Crippen LogP contribution < -0.4 is 10.2 Å². The lowest BCUT2D eigenvalue weighted by Gasteiger charge is -2.19. The lowest BCUT2D eigenvalue weighted by atomic mass is 10.1. The van der Waals surface area contributed by atoms with Crippen LogP contribution in [-0.4, -0.2) is 23.4 Å². The van der Waals surface area contributed by atoms with Gasteiger partial charge in [-0.05, 0) is 23.8 Å². The van der Waals surface area contributed by atoms with E-state index in [4.69, 9.17) is 10.1 Å². The van der Waals surface area contributed by atoms with E-state index in [1.165, 1.54) is 17.1 Å². The summed E-state index contributed by atoms with van der Waals surface area (Å²) >= 11 is 0. The van der Waals surface area contributed by atoms with Gasteiger partial charge in [0.1, 0.15) is 11.6 Å². The minimum Gasteiger partial charge on any atom is -0.484 e. The maximum Gasteiger partial charge on any atom is 0.416 e. The van der Waals surface area contributed by atoms with E-state index in [2.05, 4.69) is 5.43 Å². The number of fused-ring (bicyclic) bond motifs is 1. The van der Waals surface area contributed by atoms with Gasteiger partial charge in [-0.1, -0.05) is 30.3 Å². The van der Waals surface area contributed by atoms with Gasteiger partial charge in [-0.15, -0.1) is 0 Å². The zero-order chi connectivity index (χ0) is 18.0. The molecule has 0 saturated carbocycles. The van der Waals surface area contributed by atoms with Gasteiger partial charge in [0.15, 0.2) is 6.61 Å². The number of nitrogens with zero attached hydrogens (tertiary/aromatic N) is 1. The molecule has 25 heavy (non-hydrogen) atoms. The van der Waals surface area contributed by atoms with E-state index in [-0.39, 0.29) is 11.6 Å². The third kappa shape index (κ3) is 3.73. The zero-order valence-corrected chi connectivity index (χ0v) is 12.9. The molecule has 1 amide bonds. The normalized spacial score (nSPS) is 13.6. The van der Waals surface area contributed by atoms with E-state index < -0.39 is 24.3 Å². The number of halogens is 3. The first-order valence-corrected chi connectivity index (χ1v) is 7.38. The summed E-state index contributed by atoms with van der Waals surface area (Å²) in [6.45, 7) is -0.105. The second kappa shape index (κ2) is 6.46. The van der Waals surface area contributed by atoms with E-state index in [1.54, 1.807) is 12.1 Å². The largest absolute Gasteiger partial charge is 0.484 e. The Balaban J connectivity index is 1.57. The number of hydrazine groups is 1. The number of rotatable bonds is 4. The molecule has 0 bridgehead atoms. The van der Waals surface area contributed by atoms with Gasteiger partial charge >= 0.3 is 6.18 Å². The molecule has 1 heterocycles. The van der Waals surface area contributed by atoms with Crippen molar-refractivity contribution >= 4 is 11.7 Å². The average Bonchev–Trinajstić information content (AvgIpc) is 2.89. The summed E-state index contributed by atoms with van der Waals surface area (Å²) in [5.41, 5.74) is 3.30. The summed E-state index contributed by atoms with van der Waals surface area (Å²) < 4.78 is 43.1. The van der Waals surface area contributed by atoms with Gasteiger partial charge in [0.2, 0.25) is 0 Å². The Bertz CT molecular complexity index is 821. The van der Waals surface area contributed by atoms with Crippen LogP contribution >= 0.6 is 0 Å². The number of hydrogen-bond acceptors (Lipinski definition) is 3. The molecular formula is C17H14F3N3O2. The third-order valence-electron chi connectivity index (χ3n) is 3.66. The number of carbonyl (C=O) groups excluding carboxylic acids is 1. The van der Waals surface area contributed by atoms with E-state index in [9.17, 15) is 18.0 Å². The fraction of sp³-hybridized carbons (Fsp3) is 0.176. The average molecular weight is 349 g/mol. The van der Waals surface area contributed by atoms with Crippen LogP contribution in [0.2, 0.25) is 0 Å². The predicted octanol–water partition coefficient (Wildman–Crippen LogP) is 2.96. The van der Waals surface area contributed by atoms with Crippen LogP contribution in [0.1, 0.15) is 16.7 Å². The first kappa shape index (κ1) is 16.8. The number of amides is 1. The molecule has 0 saturated heterocycles. The number of benzene rings is 2. The molecule has 2 aromatic carbocycles. The summed E-state index contributed by atoms with van der Waals surface area (Å²) in [6, 6.07) is 11.6. The molecule has 0 aliphatic carbocycles. The van der Waals surface area contributed by atoms with Gasteiger partial charge in [-0.25, -0.2) is 0 Å². The monoisotopic (exact) mass is 349 g/mol. The fourth-order valence-electron chi connectivity index (χ4n) is 2.47. The first-order valence-electron chi connectivity index (χ1n) is 7.38. The van der Waals surface area contributed by atoms with Crippen LogP contribution in [0.4, 0.5) is 13.2 Å². The van der Waals surface area contributed by atoms with E-state index >= 15 is 0 Å². The smallest absolute Gasteiger partial charge is 0.416 e. The van der Waals surface area contributed by atoms with Crippen LogP contribution in [0.15, 0.2) is 48.5 Å². The number of ether oxygens (including phenoxy) is 1. The number of nitrogens with one attached hydrogen (secondary N) is 2. The highest BCUT2D eigenvalue weighted by atomic mass is 19.4. The molecule has 1 aliphatic heterocycles. The van der Waals surface area contributed by atoms with Crippen molar-refractivity contribution < 1.29 is 22.7 Å². The van der Waals surface area contributed by atoms with Crippen molar-refractivity contribution in [2.75, 3.05) is 6.61 Å². The molecular weight excluding hydrogens is 335 g/mol. The molecule has 2 aromatic rings. The maximum atomic E-state index is 12.6. The van der Waals surface area contributed by atoms with E-state index in [1.807, 2.05) is 12.1 Å². The minimum atomic E-state index is -4.47. The molecule has 3 rings (SSSR count). The van der Waals surface area contributed by atoms with Crippen molar-refractivity contribution in [3.05, 3.63) is 65.2 Å². The van der Waals surface area contributed by atoms with Crippen LogP contribution in [0.3, 0.4) is 0 Å². The van der Waals surface area contributed by atoms with Gasteiger partial charge < -0.3 is 4.74 Å². The van der Waals surface area contributed by atoms with Gasteiger partial charge in [0, 0.05) is 5.56 Å². The molecule has 0 unspecified atom stereocenters.